The summed E-state index contributed by atoms with van der Waals surface area (Å²) in [7, 11) is -8.87. The molecular formula is C28H21Na2O6S2+. The summed E-state index contributed by atoms with van der Waals surface area (Å²) in [6.45, 7) is 0. The van der Waals surface area contributed by atoms with Gasteiger partial charge in [-0.05, 0) is 45.5 Å². The van der Waals surface area contributed by atoms with E-state index in [0.717, 1.165) is 22.3 Å². The largest absolute Gasteiger partial charge is 1.00 e. The first-order valence-electron chi connectivity index (χ1n) is 10.8. The van der Waals surface area contributed by atoms with E-state index >= 15 is 0 Å². The molecule has 0 saturated heterocycles. The molecule has 4 rings (SSSR count). The molecular weight excluding hydrogens is 542 g/mol. The minimum atomic E-state index is -4.56. The van der Waals surface area contributed by atoms with Crippen molar-refractivity contribution >= 4 is 44.5 Å². The fraction of sp³-hybridized carbons (Fsp3) is 0. The molecule has 0 aliphatic carbocycles. The van der Waals surface area contributed by atoms with Crippen LogP contribution in [0.15, 0.2) is 107 Å². The van der Waals surface area contributed by atoms with Crippen LogP contribution < -0.4 is 59.1 Å². The molecule has 182 valence electrons. The van der Waals surface area contributed by atoms with Gasteiger partial charge in [0, 0.05) is 0 Å². The van der Waals surface area contributed by atoms with E-state index in [1.165, 1.54) is 18.2 Å². The van der Waals surface area contributed by atoms with Gasteiger partial charge in [0.1, 0.15) is 15.0 Å². The summed E-state index contributed by atoms with van der Waals surface area (Å²) in [5.41, 5.74) is 4.37. The van der Waals surface area contributed by atoms with Gasteiger partial charge in [0.2, 0.25) is 0 Å². The Morgan fingerprint density at radius 1 is 0.526 bits per heavy atom. The maximum atomic E-state index is 11.5. The third-order valence-electron chi connectivity index (χ3n) is 5.45. The Morgan fingerprint density at radius 3 is 1.29 bits per heavy atom. The summed E-state index contributed by atoms with van der Waals surface area (Å²) in [6, 6.07) is 27.6. The summed E-state index contributed by atoms with van der Waals surface area (Å²) in [5, 5.41) is 0. The molecule has 0 atom stereocenters. The average Bonchev–Trinajstić information content (AvgIpc) is 2.86. The number of rotatable bonds is 7. The van der Waals surface area contributed by atoms with Gasteiger partial charge in [-0.1, -0.05) is 109 Å². The fourth-order valence-corrected chi connectivity index (χ4v) is 5.00. The predicted molar refractivity (Wildman–Crippen MR) is 140 cm³/mol. The van der Waals surface area contributed by atoms with Crippen LogP contribution in [-0.4, -0.2) is 25.9 Å². The summed E-state index contributed by atoms with van der Waals surface area (Å²) in [6.07, 6.45) is 6.74. The first-order chi connectivity index (χ1) is 17.1. The van der Waals surface area contributed by atoms with E-state index in [9.17, 15) is 25.9 Å². The molecule has 0 saturated carbocycles. The second kappa shape index (κ2) is 14.0. The van der Waals surface area contributed by atoms with Crippen molar-refractivity contribution in [2.75, 3.05) is 0 Å². The normalized spacial score (nSPS) is 11.7. The van der Waals surface area contributed by atoms with Crippen LogP contribution in [0.2, 0.25) is 0 Å². The summed E-state index contributed by atoms with van der Waals surface area (Å²) >= 11 is 0. The van der Waals surface area contributed by atoms with Gasteiger partial charge in [-0.3, -0.25) is 4.55 Å². The SMILES string of the molecule is O=S(=O)([O-])c1ccccc1/C=C/c1ccc(-c2ccc(/C=C/c3ccccc3S(=O)(=O)O)cc2)cc1.[Na+].[Na+]. The zero-order valence-electron chi connectivity index (χ0n) is 20.9. The van der Waals surface area contributed by atoms with Crippen LogP contribution in [0.5, 0.6) is 0 Å². The maximum Gasteiger partial charge on any atom is 1.00 e. The Morgan fingerprint density at radius 2 is 0.895 bits per heavy atom. The predicted octanol–water partition coefficient (Wildman–Crippen LogP) is -0.147. The summed E-state index contributed by atoms with van der Waals surface area (Å²) < 4.78 is 66.8. The van der Waals surface area contributed by atoms with E-state index in [2.05, 4.69) is 0 Å². The van der Waals surface area contributed by atoms with Gasteiger partial charge in [-0.15, -0.1) is 0 Å². The van der Waals surface area contributed by atoms with Crippen molar-refractivity contribution in [1.82, 2.24) is 0 Å². The molecule has 0 aliphatic heterocycles. The van der Waals surface area contributed by atoms with Gasteiger partial charge >= 0.3 is 59.1 Å². The molecule has 0 unspecified atom stereocenters. The van der Waals surface area contributed by atoms with Crippen molar-refractivity contribution in [2.24, 2.45) is 0 Å². The number of hydrogen-bond acceptors (Lipinski definition) is 5. The van der Waals surface area contributed by atoms with E-state index in [-0.39, 0.29) is 68.9 Å². The van der Waals surface area contributed by atoms with Crippen molar-refractivity contribution in [1.29, 1.82) is 0 Å². The Bertz CT molecular complexity index is 1530. The third-order valence-corrected chi connectivity index (χ3v) is 7.29. The van der Waals surface area contributed by atoms with Gasteiger partial charge in [-0.2, -0.15) is 8.42 Å². The molecule has 0 aliphatic rings. The van der Waals surface area contributed by atoms with Crippen LogP contribution in [0, 0.1) is 0 Å². The third kappa shape index (κ3) is 8.59. The van der Waals surface area contributed by atoms with Crippen LogP contribution in [0.3, 0.4) is 0 Å². The maximum absolute atomic E-state index is 11.5. The topological polar surface area (TPSA) is 112 Å². The van der Waals surface area contributed by atoms with E-state index in [4.69, 9.17) is 0 Å². The van der Waals surface area contributed by atoms with Gasteiger partial charge in [-0.25, -0.2) is 8.42 Å². The van der Waals surface area contributed by atoms with Crippen molar-refractivity contribution < 1.29 is 85.1 Å². The van der Waals surface area contributed by atoms with Crippen LogP contribution in [-0.2, 0) is 20.2 Å². The van der Waals surface area contributed by atoms with E-state index in [0.29, 0.717) is 11.1 Å². The first kappa shape index (κ1) is 32.4. The first-order valence-corrected chi connectivity index (χ1v) is 13.6. The second-order valence-corrected chi connectivity index (χ2v) is 10.7. The Labute approximate surface area is 267 Å². The van der Waals surface area contributed by atoms with Gasteiger partial charge in [0.05, 0.1) is 4.90 Å². The van der Waals surface area contributed by atoms with Gasteiger partial charge < -0.3 is 4.55 Å². The number of hydrogen-bond donors (Lipinski definition) is 1. The molecule has 0 heterocycles. The molecule has 0 radical (unpaired) electrons. The molecule has 10 heteroatoms. The molecule has 0 aromatic heterocycles. The zero-order valence-corrected chi connectivity index (χ0v) is 26.5. The monoisotopic (exact) mass is 563 g/mol. The standard InChI is InChI=1S/C28H22O6S2.2Na/c29-35(30,31)27-7-3-1-5-25(27)19-13-21-9-15-23(16-10-21)24-17-11-22(12-18-24)14-20-26-6-2-4-8-28(26)36(32,33)34;;/h1-20H,(H,29,30,31)(H,32,33,34);;/q;2*+1/p-1/b19-13+,20-14+;;. The van der Waals surface area contributed by atoms with Gasteiger partial charge in [0.25, 0.3) is 10.1 Å². The number of benzene rings is 4. The molecule has 4 aromatic carbocycles. The van der Waals surface area contributed by atoms with Crippen LogP contribution in [0.4, 0.5) is 0 Å². The molecule has 0 amide bonds. The fourth-order valence-electron chi connectivity index (χ4n) is 3.64. The molecule has 38 heavy (non-hydrogen) atoms. The van der Waals surface area contributed by atoms with Gasteiger partial charge in [0.15, 0.2) is 0 Å². The smallest absolute Gasteiger partial charge is 0.744 e. The molecule has 0 bridgehead atoms. The average molecular weight is 564 g/mol. The van der Waals surface area contributed by atoms with Crippen LogP contribution in [0.1, 0.15) is 22.3 Å². The van der Waals surface area contributed by atoms with Crippen molar-refractivity contribution in [3.63, 3.8) is 0 Å². The van der Waals surface area contributed by atoms with Crippen molar-refractivity contribution in [3.05, 3.63) is 119 Å². The van der Waals surface area contributed by atoms with E-state index in [1.807, 2.05) is 48.5 Å². The molecule has 6 nitrogen and oxygen atoms in total. The van der Waals surface area contributed by atoms with Crippen LogP contribution in [0.25, 0.3) is 35.4 Å². The molecule has 1 N–H and O–H groups in total. The summed E-state index contributed by atoms with van der Waals surface area (Å²) in [4.78, 5) is -0.404. The molecule has 0 spiro atoms. The summed E-state index contributed by atoms with van der Waals surface area (Å²) in [5.74, 6) is 0. The van der Waals surface area contributed by atoms with E-state index < -0.39 is 20.2 Å². The molecule has 0 fully saturated rings. The second-order valence-electron chi connectivity index (χ2n) is 7.92. The quantitative estimate of drug-likeness (QED) is 0.190. The Balaban J connectivity index is 0.00000253. The Kier molecular flexibility index (Phi) is 11.9. The zero-order chi connectivity index (χ0) is 25.8. The minimum absolute atomic E-state index is 0. The minimum Gasteiger partial charge on any atom is -0.744 e. The molecule has 4 aromatic rings. The van der Waals surface area contributed by atoms with E-state index in [1.54, 1.807) is 54.6 Å². The van der Waals surface area contributed by atoms with Crippen LogP contribution >= 0.6 is 0 Å². The van der Waals surface area contributed by atoms with Crippen molar-refractivity contribution in [2.45, 2.75) is 9.79 Å². The Hall–Kier alpha value is -1.82. The van der Waals surface area contributed by atoms with Crippen molar-refractivity contribution in [3.8, 4) is 11.1 Å².